The summed E-state index contributed by atoms with van der Waals surface area (Å²) in [6.07, 6.45) is 2.97. The van der Waals surface area contributed by atoms with Crippen LogP contribution in [0, 0.1) is 20.8 Å². The summed E-state index contributed by atoms with van der Waals surface area (Å²) >= 11 is 0. The minimum Gasteiger partial charge on any atom is -0.464 e. The van der Waals surface area contributed by atoms with Crippen molar-refractivity contribution in [2.45, 2.75) is 47.0 Å². The Hall–Kier alpha value is -2.04. The Labute approximate surface area is 132 Å². The zero-order chi connectivity index (χ0) is 16.5. The summed E-state index contributed by atoms with van der Waals surface area (Å²) in [5.41, 5.74) is 3.92. The molecule has 22 heavy (non-hydrogen) atoms. The second kappa shape index (κ2) is 9.07. The van der Waals surface area contributed by atoms with Gasteiger partial charge in [0.2, 0.25) is 0 Å². The van der Waals surface area contributed by atoms with E-state index in [0.717, 1.165) is 41.6 Å². The molecule has 0 aliphatic carbocycles. The average Bonchev–Trinajstić information content (AvgIpc) is 2.45. The predicted octanol–water partition coefficient (Wildman–Crippen LogP) is 3.47. The van der Waals surface area contributed by atoms with E-state index < -0.39 is 12.0 Å². The van der Waals surface area contributed by atoms with Gasteiger partial charge in [0.05, 0.1) is 6.61 Å². The molecule has 0 heterocycles. The highest BCUT2D eigenvalue weighted by atomic mass is 16.5. The first kappa shape index (κ1) is 18.0. The van der Waals surface area contributed by atoms with E-state index in [9.17, 15) is 9.59 Å². The molecule has 122 valence electrons. The fourth-order valence-electron chi connectivity index (χ4n) is 2.28. The maximum absolute atomic E-state index is 11.9. The van der Waals surface area contributed by atoms with Crippen LogP contribution in [0.3, 0.4) is 0 Å². The minimum absolute atomic E-state index is 0.123. The van der Waals surface area contributed by atoms with Gasteiger partial charge < -0.3 is 15.4 Å². The third-order valence-electron chi connectivity index (χ3n) is 3.32. The van der Waals surface area contributed by atoms with E-state index in [2.05, 4.69) is 17.6 Å². The molecule has 0 bridgehead atoms. The number of urea groups is 1. The van der Waals surface area contributed by atoms with Crippen molar-refractivity contribution < 1.29 is 14.3 Å². The Balaban J connectivity index is 2.39. The number of benzene rings is 1. The summed E-state index contributed by atoms with van der Waals surface area (Å²) in [4.78, 5) is 23.3. The Kier molecular flexibility index (Phi) is 7.43. The minimum atomic E-state index is -0.413. The number of carbonyl (C=O) groups is 2. The van der Waals surface area contributed by atoms with Crippen LogP contribution in [0.1, 0.15) is 42.9 Å². The molecule has 1 aromatic carbocycles. The number of amides is 2. The first-order valence-corrected chi connectivity index (χ1v) is 7.72. The van der Waals surface area contributed by atoms with E-state index in [1.807, 2.05) is 32.9 Å². The second-order valence-electron chi connectivity index (χ2n) is 5.51. The summed E-state index contributed by atoms with van der Waals surface area (Å²) in [5, 5.41) is 5.30. The highest BCUT2D eigenvalue weighted by molar-refractivity contribution is 5.92. The molecule has 0 saturated heterocycles. The average molecular weight is 306 g/mol. The fourth-order valence-corrected chi connectivity index (χ4v) is 2.28. The predicted molar refractivity (Wildman–Crippen MR) is 88.2 cm³/mol. The number of esters is 1. The molecule has 1 rings (SSSR count). The lowest BCUT2D eigenvalue weighted by Gasteiger charge is -2.13. The van der Waals surface area contributed by atoms with Crippen molar-refractivity contribution in [1.82, 2.24) is 5.32 Å². The number of hydrogen-bond donors (Lipinski definition) is 2. The number of nitrogens with one attached hydrogen (secondary N) is 2. The Morgan fingerprint density at radius 3 is 2.32 bits per heavy atom. The van der Waals surface area contributed by atoms with Crippen LogP contribution in [-0.4, -0.2) is 25.2 Å². The summed E-state index contributed by atoms with van der Waals surface area (Å²) < 4.78 is 5.03. The normalized spacial score (nSPS) is 10.2. The van der Waals surface area contributed by atoms with Crippen molar-refractivity contribution >= 4 is 17.7 Å². The quantitative estimate of drug-likeness (QED) is 0.599. The van der Waals surface area contributed by atoms with E-state index in [1.165, 1.54) is 0 Å². The van der Waals surface area contributed by atoms with Crippen LogP contribution in [0.5, 0.6) is 0 Å². The van der Waals surface area contributed by atoms with E-state index in [4.69, 9.17) is 4.74 Å². The highest BCUT2D eigenvalue weighted by Gasteiger charge is 2.10. The molecule has 0 atom stereocenters. The Bertz CT molecular complexity index is 504. The third kappa shape index (κ3) is 6.16. The van der Waals surface area contributed by atoms with Gasteiger partial charge in [-0.05, 0) is 38.3 Å². The molecule has 0 aliphatic heterocycles. The number of anilines is 1. The highest BCUT2D eigenvalue weighted by Crippen LogP contribution is 2.21. The first-order chi connectivity index (χ1) is 10.4. The van der Waals surface area contributed by atoms with Crippen molar-refractivity contribution in [3.63, 3.8) is 0 Å². The first-order valence-electron chi connectivity index (χ1n) is 7.72. The molecule has 0 saturated carbocycles. The van der Waals surface area contributed by atoms with Crippen molar-refractivity contribution in [3.05, 3.63) is 28.8 Å². The lowest BCUT2D eigenvalue weighted by molar-refractivity contribution is -0.142. The largest absolute Gasteiger partial charge is 0.464 e. The van der Waals surface area contributed by atoms with Gasteiger partial charge >= 0.3 is 12.0 Å². The van der Waals surface area contributed by atoms with Crippen molar-refractivity contribution in [2.24, 2.45) is 0 Å². The van der Waals surface area contributed by atoms with Crippen LogP contribution in [0.2, 0.25) is 0 Å². The number of ether oxygens (including phenoxy) is 1. The Morgan fingerprint density at radius 2 is 1.73 bits per heavy atom. The lowest BCUT2D eigenvalue weighted by Crippen LogP contribution is -2.34. The number of hydrogen-bond acceptors (Lipinski definition) is 3. The van der Waals surface area contributed by atoms with Gasteiger partial charge in [-0.2, -0.15) is 0 Å². The van der Waals surface area contributed by atoms with Gasteiger partial charge in [-0.15, -0.1) is 0 Å². The van der Waals surface area contributed by atoms with Crippen molar-refractivity contribution in [1.29, 1.82) is 0 Å². The van der Waals surface area contributed by atoms with Gasteiger partial charge in [0.15, 0.2) is 0 Å². The van der Waals surface area contributed by atoms with Gasteiger partial charge in [0.1, 0.15) is 6.54 Å². The standard InChI is InChI=1S/C17H26N2O3/c1-5-6-7-8-22-15(20)11-18-17(21)19-16-13(3)9-12(2)10-14(16)4/h9-10H,5-8,11H2,1-4H3,(H2,18,19,21). The monoisotopic (exact) mass is 306 g/mol. The topological polar surface area (TPSA) is 67.4 Å². The molecule has 2 amide bonds. The number of unbranched alkanes of at least 4 members (excludes halogenated alkanes) is 2. The second-order valence-corrected chi connectivity index (χ2v) is 5.51. The third-order valence-corrected chi connectivity index (χ3v) is 3.32. The molecule has 5 nitrogen and oxygen atoms in total. The lowest BCUT2D eigenvalue weighted by atomic mass is 10.1. The zero-order valence-electron chi connectivity index (χ0n) is 13.9. The number of aryl methyl sites for hydroxylation is 3. The van der Waals surface area contributed by atoms with E-state index >= 15 is 0 Å². The molecule has 2 N–H and O–H groups in total. The van der Waals surface area contributed by atoms with E-state index in [1.54, 1.807) is 0 Å². The van der Waals surface area contributed by atoms with E-state index in [0.29, 0.717) is 6.61 Å². The Morgan fingerprint density at radius 1 is 1.09 bits per heavy atom. The molecule has 1 aromatic rings. The van der Waals surface area contributed by atoms with Gasteiger partial charge in [-0.1, -0.05) is 37.5 Å². The molecule has 0 radical (unpaired) electrons. The summed E-state index contributed by atoms with van der Waals surface area (Å²) in [6.45, 7) is 8.27. The molecule has 0 unspecified atom stereocenters. The van der Waals surface area contributed by atoms with Crippen molar-refractivity contribution in [3.8, 4) is 0 Å². The smallest absolute Gasteiger partial charge is 0.325 e. The molecule has 0 spiro atoms. The molecule has 0 fully saturated rings. The summed E-state index contributed by atoms with van der Waals surface area (Å²) in [6, 6.07) is 3.61. The maximum atomic E-state index is 11.9. The SMILES string of the molecule is CCCCCOC(=O)CNC(=O)Nc1c(C)cc(C)cc1C. The van der Waals surface area contributed by atoms with Crippen LogP contribution in [0.15, 0.2) is 12.1 Å². The summed E-state index contributed by atoms with van der Waals surface area (Å²) in [5.74, 6) is -0.413. The van der Waals surface area contributed by atoms with Crippen molar-refractivity contribution in [2.75, 3.05) is 18.5 Å². The van der Waals surface area contributed by atoms with Gasteiger partial charge in [-0.3, -0.25) is 4.79 Å². The van der Waals surface area contributed by atoms with Crippen LogP contribution in [0.25, 0.3) is 0 Å². The van der Waals surface area contributed by atoms with Gasteiger partial charge in [0, 0.05) is 5.69 Å². The van der Waals surface area contributed by atoms with Crippen LogP contribution >= 0.6 is 0 Å². The van der Waals surface area contributed by atoms with Crippen LogP contribution in [-0.2, 0) is 9.53 Å². The fraction of sp³-hybridized carbons (Fsp3) is 0.529. The number of carbonyl (C=O) groups excluding carboxylic acids is 2. The maximum Gasteiger partial charge on any atom is 0.325 e. The number of rotatable bonds is 7. The van der Waals surface area contributed by atoms with E-state index in [-0.39, 0.29) is 6.54 Å². The summed E-state index contributed by atoms with van der Waals surface area (Å²) in [7, 11) is 0. The zero-order valence-corrected chi connectivity index (χ0v) is 13.9. The molecular formula is C17H26N2O3. The van der Waals surface area contributed by atoms with Crippen LogP contribution in [0.4, 0.5) is 10.5 Å². The molecule has 0 aliphatic rings. The molecule has 0 aromatic heterocycles. The molecular weight excluding hydrogens is 280 g/mol. The van der Waals surface area contributed by atoms with Gasteiger partial charge in [0.25, 0.3) is 0 Å². The van der Waals surface area contributed by atoms with Crippen LogP contribution < -0.4 is 10.6 Å². The van der Waals surface area contributed by atoms with Gasteiger partial charge in [-0.25, -0.2) is 4.79 Å². The molecule has 5 heteroatoms.